The van der Waals surface area contributed by atoms with Crippen molar-refractivity contribution in [3.8, 4) is 0 Å². The second-order valence-corrected chi connectivity index (χ2v) is 4.31. The molecule has 0 radical (unpaired) electrons. The Morgan fingerprint density at radius 2 is 2.31 bits per heavy atom. The maximum Gasteiger partial charge on any atom is 0.311 e. The number of carbonyl (C=O) groups is 1. The van der Waals surface area contributed by atoms with Gasteiger partial charge in [-0.2, -0.15) is 0 Å². The van der Waals surface area contributed by atoms with Gasteiger partial charge in [-0.1, -0.05) is 0 Å². The second-order valence-electron chi connectivity index (χ2n) is 4.31. The highest BCUT2D eigenvalue weighted by Gasteiger charge is 2.22. The van der Waals surface area contributed by atoms with Gasteiger partial charge in [0.15, 0.2) is 5.89 Å². The van der Waals surface area contributed by atoms with Crippen LogP contribution in [0.5, 0.6) is 0 Å². The standard InChI is InChI=1S/C11H16N2O3/c1-13-4-2-8(3-5-13)11-12-7-9(16-11)6-10(14)15/h7-8H,2-6H2,1H3,(H,14,15). The predicted octanol–water partition coefficient (Wildman–Crippen LogP) is 1.11. The molecule has 1 aliphatic heterocycles. The molecule has 2 rings (SSSR count). The summed E-state index contributed by atoms with van der Waals surface area (Å²) in [7, 11) is 2.10. The number of rotatable bonds is 3. The summed E-state index contributed by atoms with van der Waals surface area (Å²) < 4.78 is 5.46. The van der Waals surface area contributed by atoms with Crippen LogP contribution in [0.3, 0.4) is 0 Å². The molecular formula is C11H16N2O3. The summed E-state index contributed by atoms with van der Waals surface area (Å²) in [6.07, 6.45) is 3.51. The van der Waals surface area contributed by atoms with Crippen LogP contribution in [0, 0.1) is 0 Å². The van der Waals surface area contributed by atoms with Gasteiger partial charge in [0.25, 0.3) is 0 Å². The monoisotopic (exact) mass is 224 g/mol. The van der Waals surface area contributed by atoms with Crippen molar-refractivity contribution >= 4 is 5.97 Å². The highest BCUT2D eigenvalue weighted by atomic mass is 16.4. The minimum absolute atomic E-state index is 0.0837. The summed E-state index contributed by atoms with van der Waals surface area (Å²) in [5.41, 5.74) is 0. The lowest BCUT2D eigenvalue weighted by Gasteiger charge is -2.26. The molecule has 1 saturated heterocycles. The fraction of sp³-hybridized carbons (Fsp3) is 0.636. The van der Waals surface area contributed by atoms with Crippen LogP contribution in [-0.2, 0) is 11.2 Å². The zero-order chi connectivity index (χ0) is 11.5. The molecule has 1 aromatic heterocycles. The van der Waals surface area contributed by atoms with Crippen LogP contribution in [0.15, 0.2) is 10.6 Å². The first kappa shape index (κ1) is 11.1. The summed E-state index contributed by atoms with van der Waals surface area (Å²) in [4.78, 5) is 16.9. The molecule has 2 heterocycles. The quantitative estimate of drug-likeness (QED) is 0.833. The second kappa shape index (κ2) is 4.65. The van der Waals surface area contributed by atoms with Crippen molar-refractivity contribution in [1.29, 1.82) is 0 Å². The van der Waals surface area contributed by atoms with Gasteiger partial charge >= 0.3 is 5.97 Å². The number of hydrogen-bond acceptors (Lipinski definition) is 4. The van der Waals surface area contributed by atoms with Gasteiger partial charge in [-0.3, -0.25) is 4.79 Å². The third-order valence-corrected chi connectivity index (χ3v) is 2.96. The van der Waals surface area contributed by atoms with Crippen LogP contribution >= 0.6 is 0 Å². The smallest absolute Gasteiger partial charge is 0.311 e. The van der Waals surface area contributed by atoms with Crippen LogP contribution in [0.1, 0.15) is 30.4 Å². The van der Waals surface area contributed by atoms with E-state index in [4.69, 9.17) is 9.52 Å². The van der Waals surface area contributed by atoms with Gasteiger partial charge in [-0.05, 0) is 33.0 Å². The molecule has 5 nitrogen and oxygen atoms in total. The number of aromatic nitrogens is 1. The van der Waals surface area contributed by atoms with Crippen LogP contribution in [-0.4, -0.2) is 41.1 Å². The van der Waals surface area contributed by atoms with Crippen molar-refractivity contribution in [3.05, 3.63) is 17.8 Å². The number of aliphatic carboxylic acids is 1. The maximum atomic E-state index is 10.5. The van der Waals surface area contributed by atoms with Crippen molar-refractivity contribution in [2.45, 2.75) is 25.2 Å². The lowest BCUT2D eigenvalue weighted by molar-refractivity contribution is -0.136. The molecule has 0 saturated carbocycles. The van der Waals surface area contributed by atoms with Crippen molar-refractivity contribution < 1.29 is 14.3 Å². The van der Waals surface area contributed by atoms with Gasteiger partial charge in [0.2, 0.25) is 0 Å². The Labute approximate surface area is 94.1 Å². The topological polar surface area (TPSA) is 66.6 Å². The molecule has 88 valence electrons. The molecule has 0 atom stereocenters. The predicted molar refractivity (Wildman–Crippen MR) is 57.3 cm³/mol. The first-order valence-electron chi connectivity index (χ1n) is 5.50. The summed E-state index contributed by atoms with van der Waals surface area (Å²) in [6, 6.07) is 0. The largest absolute Gasteiger partial charge is 0.481 e. The van der Waals surface area contributed by atoms with Crippen molar-refractivity contribution in [1.82, 2.24) is 9.88 Å². The molecule has 1 aromatic rings. The SMILES string of the molecule is CN1CCC(c2ncc(CC(=O)O)o2)CC1. The van der Waals surface area contributed by atoms with E-state index >= 15 is 0 Å². The number of nitrogens with zero attached hydrogens (tertiary/aromatic N) is 2. The molecular weight excluding hydrogens is 208 g/mol. The van der Waals surface area contributed by atoms with E-state index < -0.39 is 5.97 Å². The summed E-state index contributed by atoms with van der Waals surface area (Å²) in [5.74, 6) is 0.607. The minimum Gasteiger partial charge on any atom is -0.481 e. The average molecular weight is 224 g/mol. The number of carboxylic acid groups (broad SMARTS) is 1. The molecule has 16 heavy (non-hydrogen) atoms. The Bertz CT molecular complexity index is 367. The summed E-state index contributed by atoms with van der Waals surface area (Å²) in [6.45, 7) is 2.09. The van der Waals surface area contributed by atoms with Gasteiger partial charge in [0, 0.05) is 5.92 Å². The molecule has 0 aromatic carbocycles. The van der Waals surface area contributed by atoms with E-state index in [1.807, 2.05) is 0 Å². The van der Waals surface area contributed by atoms with E-state index in [0.717, 1.165) is 25.9 Å². The Hall–Kier alpha value is -1.36. The molecule has 5 heteroatoms. The molecule has 1 N–H and O–H groups in total. The number of piperidine rings is 1. The fourth-order valence-electron chi connectivity index (χ4n) is 2.00. The van der Waals surface area contributed by atoms with Crippen molar-refractivity contribution in [2.75, 3.05) is 20.1 Å². The molecule has 0 spiro atoms. The normalized spacial score (nSPS) is 18.8. The van der Waals surface area contributed by atoms with E-state index in [2.05, 4.69) is 16.9 Å². The number of oxazole rings is 1. The highest BCUT2D eigenvalue weighted by Crippen LogP contribution is 2.26. The van der Waals surface area contributed by atoms with E-state index in [-0.39, 0.29) is 6.42 Å². The van der Waals surface area contributed by atoms with Crippen molar-refractivity contribution in [3.63, 3.8) is 0 Å². The Balaban J connectivity index is 1.99. The van der Waals surface area contributed by atoms with E-state index in [0.29, 0.717) is 17.6 Å². The Kier molecular flexibility index (Phi) is 3.24. The van der Waals surface area contributed by atoms with Crippen LogP contribution in [0.2, 0.25) is 0 Å². The van der Waals surface area contributed by atoms with Gasteiger partial charge in [0.05, 0.1) is 6.20 Å². The van der Waals surface area contributed by atoms with Crippen LogP contribution in [0.4, 0.5) is 0 Å². The van der Waals surface area contributed by atoms with Crippen LogP contribution < -0.4 is 0 Å². The number of carboxylic acids is 1. The van der Waals surface area contributed by atoms with Gasteiger partial charge in [-0.15, -0.1) is 0 Å². The molecule has 0 unspecified atom stereocenters. The van der Waals surface area contributed by atoms with Crippen LogP contribution in [0.25, 0.3) is 0 Å². The number of hydrogen-bond donors (Lipinski definition) is 1. The average Bonchev–Trinajstić information content (AvgIpc) is 2.66. The summed E-state index contributed by atoms with van der Waals surface area (Å²) in [5, 5.41) is 8.63. The number of likely N-dealkylation sites (tertiary alicyclic amines) is 1. The fourth-order valence-corrected chi connectivity index (χ4v) is 2.00. The molecule has 0 amide bonds. The van der Waals surface area contributed by atoms with E-state index in [1.165, 1.54) is 6.20 Å². The summed E-state index contributed by atoms with van der Waals surface area (Å²) >= 11 is 0. The van der Waals surface area contributed by atoms with Gasteiger partial charge in [0.1, 0.15) is 12.2 Å². The zero-order valence-electron chi connectivity index (χ0n) is 9.35. The Morgan fingerprint density at radius 1 is 1.62 bits per heavy atom. The third-order valence-electron chi connectivity index (χ3n) is 2.96. The first-order valence-corrected chi connectivity index (χ1v) is 5.50. The lowest BCUT2D eigenvalue weighted by Crippen LogP contribution is -2.29. The minimum atomic E-state index is -0.883. The Morgan fingerprint density at radius 3 is 2.94 bits per heavy atom. The maximum absolute atomic E-state index is 10.5. The zero-order valence-corrected chi connectivity index (χ0v) is 9.35. The molecule has 1 aliphatic rings. The highest BCUT2D eigenvalue weighted by molar-refractivity contribution is 5.69. The lowest BCUT2D eigenvalue weighted by atomic mass is 9.97. The van der Waals surface area contributed by atoms with E-state index in [1.54, 1.807) is 0 Å². The molecule has 1 fully saturated rings. The van der Waals surface area contributed by atoms with Gasteiger partial charge in [-0.25, -0.2) is 4.98 Å². The third kappa shape index (κ3) is 2.61. The first-order chi connectivity index (χ1) is 7.65. The molecule has 0 aliphatic carbocycles. The van der Waals surface area contributed by atoms with Crippen molar-refractivity contribution in [2.24, 2.45) is 0 Å². The van der Waals surface area contributed by atoms with Gasteiger partial charge < -0.3 is 14.4 Å². The van der Waals surface area contributed by atoms with E-state index in [9.17, 15) is 4.79 Å². The molecule has 0 bridgehead atoms.